The molecule has 0 amide bonds. The Kier molecular flexibility index (Phi) is 4.67. The number of rotatable bonds is 5. The lowest BCUT2D eigenvalue weighted by Crippen LogP contribution is -2.36. The Labute approximate surface area is 124 Å². The second kappa shape index (κ2) is 6.08. The van der Waals surface area contributed by atoms with Crippen LogP contribution in [-0.2, 0) is 5.41 Å². The fourth-order valence-corrected chi connectivity index (χ4v) is 3.76. The van der Waals surface area contributed by atoms with Gasteiger partial charge in [0.1, 0.15) is 0 Å². The van der Waals surface area contributed by atoms with E-state index in [1.807, 2.05) is 6.07 Å². The first kappa shape index (κ1) is 14.6. The van der Waals surface area contributed by atoms with Crippen molar-refractivity contribution in [2.24, 2.45) is 0 Å². The Hall–Kier alpha value is -0.830. The third-order valence-electron chi connectivity index (χ3n) is 3.53. The van der Waals surface area contributed by atoms with Gasteiger partial charge in [-0.3, -0.25) is 0 Å². The Bertz CT molecular complexity index is 519. The van der Waals surface area contributed by atoms with Crippen LogP contribution in [0.3, 0.4) is 0 Å². The highest BCUT2D eigenvalue weighted by Gasteiger charge is 2.32. The first-order chi connectivity index (χ1) is 9.05. The van der Waals surface area contributed by atoms with Gasteiger partial charge in [-0.2, -0.15) is 0 Å². The van der Waals surface area contributed by atoms with E-state index in [4.69, 9.17) is 11.6 Å². The summed E-state index contributed by atoms with van der Waals surface area (Å²) in [5.74, 6) is 0. The number of thiophene rings is 1. The Balaban J connectivity index is 2.38. The van der Waals surface area contributed by atoms with Gasteiger partial charge in [0.05, 0.1) is 10.4 Å². The van der Waals surface area contributed by atoms with Gasteiger partial charge in [-0.15, -0.1) is 11.3 Å². The fraction of sp³-hybridized carbons (Fsp3) is 0.375. The molecule has 0 spiro atoms. The van der Waals surface area contributed by atoms with Crippen LogP contribution in [0.15, 0.2) is 42.5 Å². The summed E-state index contributed by atoms with van der Waals surface area (Å²) in [6.07, 6.45) is 0. The van der Waals surface area contributed by atoms with Crippen molar-refractivity contribution in [2.45, 2.75) is 32.2 Å². The van der Waals surface area contributed by atoms with Crippen molar-refractivity contribution in [3.8, 4) is 0 Å². The van der Waals surface area contributed by atoms with Crippen molar-refractivity contribution < 1.29 is 0 Å². The first-order valence-corrected chi connectivity index (χ1v) is 7.79. The lowest BCUT2D eigenvalue weighted by atomic mass is 9.77. The molecule has 1 nitrogen and oxygen atoms in total. The van der Waals surface area contributed by atoms with Crippen LogP contribution < -0.4 is 5.32 Å². The van der Waals surface area contributed by atoms with E-state index in [1.54, 1.807) is 11.3 Å². The topological polar surface area (TPSA) is 12.0 Å². The molecule has 0 saturated carbocycles. The van der Waals surface area contributed by atoms with E-state index in [9.17, 15) is 0 Å². The number of hydrogen-bond donors (Lipinski definition) is 1. The van der Waals surface area contributed by atoms with Gasteiger partial charge < -0.3 is 5.32 Å². The monoisotopic (exact) mass is 293 g/mol. The van der Waals surface area contributed by atoms with Gasteiger partial charge >= 0.3 is 0 Å². The summed E-state index contributed by atoms with van der Waals surface area (Å²) in [5, 5.41) is 3.60. The standard InChI is InChI=1S/C16H20ClNS/c1-4-18-15(13-10-11-14(17)19-13)16(2,3)12-8-6-5-7-9-12/h5-11,15,18H,4H2,1-3H3. The van der Waals surface area contributed by atoms with E-state index in [1.165, 1.54) is 10.4 Å². The molecule has 2 rings (SSSR count). The minimum Gasteiger partial charge on any atom is -0.309 e. The highest BCUT2D eigenvalue weighted by molar-refractivity contribution is 7.16. The van der Waals surface area contributed by atoms with Crippen molar-refractivity contribution in [1.82, 2.24) is 5.32 Å². The van der Waals surface area contributed by atoms with Crippen molar-refractivity contribution in [3.63, 3.8) is 0 Å². The summed E-state index contributed by atoms with van der Waals surface area (Å²) in [6, 6.07) is 15.0. The summed E-state index contributed by atoms with van der Waals surface area (Å²) >= 11 is 7.75. The maximum atomic E-state index is 6.09. The van der Waals surface area contributed by atoms with Gasteiger partial charge in [-0.05, 0) is 24.2 Å². The summed E-state index contributed by atoms with van der Waals surface area (Å²) < 4.78 is 0.849. The molecule has 1 unspecified atom stereocenters. The molecule has 1 aromatic heterocycles. The van der Waals surface area contributed by atoms with Gasteiger partial charge in [-0.1, -0.05) is 62.7 Å². The maximum Gasteiger partial charge on any atom is 0.0931 e. The van der Waals surface area contributed by atoms with Crippen LogP contribution in [0.25, 0.3) is 0 Å². The van der Waals surface area contributed by atoms with Gasteiger partial charge in [0.15, 0.2) is 0 Å². The molecule has 3 heteroatoms. The number of nitrogens with one attached hydrogen (secondary N) is 1. The van der Waals surface area contributed by atoms with E-state index in [0.29, 0.717) is 0 Å². The van der Waals surface area contributed by atoms with Crippen LogP contribution in [0.2, 0.25) is 4.34 Å². The predicted octanol–water partition coefficient (Wildman–Crippen LogP) is 5.03. The van der Waals surface area contributed by atoms with Crippen LogP contribution in [0, 0.1) is 0 Å². The lowest BCUT2D eigenvalue weighted by Gasteiger charge is -2.35. The van der Waals surface area contributed by atoms with Gasteiger partial charge in [0, 0.05) is 10.3 Å². The zero-order valence-electron chi connectivity index (χ0n) is 11.6. The van der Waals surface area contributed by atoms with Crippen LogP contribution in [0.4, 0.5) is 0 Å². The molecule has 0 radical (unpaired) electrons. The molecule has 1 heterocycles. The Morgan fingerprint density at radius 1 is 1.16 bits per heavy atom. The summed E-state index contributed by atoms with van der Waals surface area (Å²) in [5.41, 5.74) is 1.36. The number of likely N-dealkylation sites (N-methyl/N-ethyl adjacent to an activating group) is 1. The fourth-order valence-electron chi connectivity index (χ4n) is 2.43. The molecule has 0 aliphatic carbocycles. The molecular weight excluding hydrogens is 274 g/mol. The highest BCUT2D eigenvalue weighted by Crippen LogP contribution is 2.40. The average molecular weight is 294 g/mol. The van der Waals surface area contributed by atoms with E-state index in [-0.39, 0.29) is 11.5 Å². The van der Waals surface area contributed by atoms with Gasteiger partial charge in [-0.25, -0.2) is 0 Å². The van der Waals surface area contributed by atoms with E-state index >= 15 is 0 Å². The smallest absolute Gasteiger partial charge is 0.0931 e. The van der Waals surface area contributed by atoms with E-state index in [2.05, 4.69) is 62.5 Å². The molecule has 0 aliphatic heterocycles. The lowest BCUT2D eigenvalue weighted by molar-refractivity contribution is 0.359. The normalized spacial score (nSPS) is 13.5. The predicted molar refractivity (Wildman–Crippen MR) is 85.2 cm³/mol. The molecule has 1 N–H and O–H groups in total. The van der Waals surface area contributed by atoms with Crippen LogP contribution in [-0.4, -0.2) is 6.54 Å². The average Bonchev–Trinajstić information content (AvgIpc) is 2.83. The van der Waals surface area contributed by atoms with Crippen molar-refractivity contribution in [3.05, 3.63) is 57.2 Å². The minimum absolute atomic E-state index is 0.0193. The zero-order chi connectivity index (χ0) is 13.9. The largest absolute Gasteiger partial charge is 0.309 e. The van der Waals surface area contributed by atoms with Crippen molar-refractivity contribution in [1.29, 1.82) is 0 Å². The van der Waals surface area contributed by atoms with Crippen molar-refractivity contribution in [2.75, 3.05) is 6.54 Å². The second-order valence-corrected chi connectivity index (χ2v) is 6.97. The van der Waals surface area contributed by atoms with Crippen molar-refractivity contribution >= 4 is 22.9 Å². The third kappa shape index (κ3) is 3.19. The molecule has 0 fully saturated rings. The highest BCUT2D eigenvalue weighted by atomic mass is 35.5. The molecule has 1 atom stereocenters. The SMILES string of the molecule is CCNC(c1ccc(Cl)s1)C(C)(C)c1ccccc1. The number of halogens is 1. The van der Waals surface area contributed by atoms with E-state index < -0.39 is 0 Å². The summed E-state index contributed by atoms with van der Waals surface area (Å²) in [7, 11) is 0. The quantitative estimate of drug-likeness (QED) is 0.815. The van der Waals surface area contributed by atoms with Crippen LogP contribution in [0.5, 0.6) is 0 Å². The number of benzene rings is 1. The molecule has 1 aromatic carbocycles. The Morgan fingerprint density at radius 2 is 1.84 bits per heavy atom. The zero-order valence-corrected chi connectivity index (χ0v) is 13.2. The van der Waals surface area contributed by atoms with E-state index in [0.717, 1.165) is 10.9 Å². The summed E-state index contributed by atoms with van der Waals surface area (Å²) in [4.78, 5) is 1.29. The molecule has 0 saturated heterocycles. The molecular formula is C16H20ClNS. The second-order valence-electron chi connectivity index (χ2n) is 5.22. The number of hydrogen-bond acceptors (Lipinski definition) is 2. The third-order valence-corrected chi connectivity index (χ3v) is 4.82. The van der Waals surface area contributed by atoms with Gasteiger partial charge in [0.25, 0.3) is 0 Å². The van der Waals surface area contributed by atoms with Gasteiger partial charge in [0.2, 0.25) is 0 Å². The molecule has 102 valence electrons. The minimum atomic E-state index is 0.0193. The van der Waals surface area contributed by atoms with Crippen LogP contribution in [0.1, 0.15) is 37.3 Å². The molecule has 19 heavy (non-hydrogen) atoms. The molecule has 0 aliphatic rings. The van der Waals surface area contributed by atoms with Crippen LogP contribution >= 0.6 is 22.9 Å². The molecule has 2 aromatic rings. The first-order valence-electron chi connectivity index (χ1n) is 6.60. The maximum absolute atomic E-state index is 6.09. The Morgan fingerprint density at radius 3 is 2.37 bits per heavy atom. The molecule has 0 bridgehead atoms. The summed E-state index contributed by atoms with van der Waals surface area (Å²) in [6.45, 7) is 7.65.